The summed E-state index contributed by atoms with van der Waals surface area (Å²) in [5.41, 5.74) is 4.14. The van der Waals surface area contributed by atoms with E-state index in [0.717, 1.165) is 16.7 Å². The van der Waals surface area contributed by atoms with E-state index in [4.69, 9.17) is 0 Å². The van der Waals surface area contributed by atoms with Crippen LogP contribution in [0.1, 0.15) is 23.6 Å². The van der Waals surface area contributed by atoms with Gasteiger partial charge >= 0.3 is 0 Å². The molecule has 148 valence electrons. The molecule has 3 aromatic rings. The first-order valence-electron chi connectivity index (χ1n) is 9.22. The van der Waals surface area contributed by atoms with Crippen LogP contribution in [0.5, 0.6) is 0 Å². The smallest absolute Gasteiger partial charge is 0.229 e. The predicted molar refractivity (Wildman–Crippen MR) is 112 cm³/mol. The number of anilines is 3. The average Bonchev–Trinajstić information content (AvgIpc) is 2.67. The zero-order valence-electron chi connectivity index (χ0n) is 16.6. The van der Waals surface area contributed by atoms with E-state index in [1.54, 1.807) is 12.1 Å². The van der Waals surface area contributed by atoms with Crippen molar-refractivity contribution in [1.82, 2.24) is 4.98 Å². The Morgan fingerprint density at radius 3 is 2.31 bits per heavy atom. The van der Waals surface area contributed by atoms with Crippen LogP contribution in [-0.4, -0.2) is 16.8 Å². The van der Waals surface area contributed by atoms with Gasteiger partial charge in [-0.05, 0) is 60.9 Å². The van der Waals surface area contributed by atoms with Crippen LogP contribution in [0.25, 0.3) is 0 Å². The number of hydrogen-bond acceptors (Lipinski definition) is 3. The lowest BCUT2D eigenvalue weighted by Crippen LogP contribution is -2.24. The number of rotatable bonds is 5. The number of nitrogens with one attached hydrogen (secondary N) is 1. The lowest BCUT2D eigenvalue weighted by atomic mass is 10.00. The molecule has 0 aliphatic rings. The molecule has 0 bridgehead atoms. The standard InChI is InChI=1S/C23H22FN3O2/c1-15-5-4-6-16(2)21(15)14-23(29)26-19-11-12-25-22(13-19)27(17(3)28)20-9-7-18(24)8-10-20/h4-13H,14H2,1-3H3,(H,25,26,29). The first kappa shape index (κ1) is 20.2. The molecule has 2 aromatic carbocycles. The van der Waals surface area contributed by atoms with Crippen LogP contribution in [0, 0.1) is 19.7 Å². The molecule has 29 heavy (non-hydrogen) atoms. The van der Waals surface area contributed by atoms with Crippen LogP contribution in [0.15, 0.2) is 60.8 Å². The van der Waals surface area contributed by atoms with Crippen molar-refractivity contribution in [1.29, 1.82) is 0 Å². The highest BCUT2D eigenvalue weighted by Gasteiger charge is 2.17. The minimum absolute atomic E-state index is 0.157. The van der Waals surface area contributed by atoms with Gasteiger partial charge in [0, 0.05) is 24.9 Å². The van der Waals surface area contributed by atoms with Gasteiger partial charge in [-0.2, -0.15) is 0 Å². The minimum Gasteiger partial charge on any atom is -0.326 e. The number of benzene rings is 2. The van der Waals surface area contributed by atoms with Gasteiger partial charge in [-0.25, -0.2) is 9.37 Å². The molecule has 0 fully saturated rings. The number of amides is 2. The fourth-order valence-corrected chi connectivity index (χ4v) is 3.18. The predicted octanol–water partition coefficient (Wildman–Crippen LogP) is 4.70. The van der Waals surface area contributed by atoms with Gasteiger partial charge in [0.05, 0.1) is 12.1 Å². The van der Waals surface area contributed by atoms with E-state index in [1.165, 1.54) is 42.3 Å². The second-order valence-electron chi connectivity index (χ2n) is 6.83. The zero-order valence-corrected chi connectivity index (χ0v) is 16.6. The summed E-state index contributed by atoms with van der Waals surface area (Å²) in [6.45, 7) is 5.36. The summed E-state index contributed by atoms with van der Waals surface area (Å²) in [7, 11) is 0. The largest absolute Gasteiger partial charge is 0.326 e. The van der Waals surface area contributed by atoms with Crippen molar-refractivity contribution in [3.63, 3.8) is 0 Å². The summed E-state index contributed by atoms with van der Waals surface area (Å²) >= 11 is 0. The Morgan fingerprint density at radius 2 is 1.69 bits per heavy atom. The molecule has 0 unspecified atom stereocenters. The summed E-state index contributed by atoms with van der Waals surface area (Å²) in [5, 5.41) is 2.86. The molecule has 0 atom stereocenters. The molecule has 0 aliphatic carbocycles. The van der Waals surface area contributed by atoms with Crippen molar-refractivity contribution in [3.8, 4) is 0 Å². The first-order chi connectivity index (χ1) is 13.8. The van der Waals surface area contributed by atoms with Gasteiger partial charge in [0.2, 0.25) is 11.8 Å². The molecule has 1 heterocycles. The van der Waals surface area contributed by atoms with Crippen molar-refractivity contribution in [2.75, 3.05) is 10.2 Å². The average molecular weight is 391 g/mol. The maximum atomic E-state index is 13.2. The first-order valence-corrected chi connectivity index (χ1v) is 9.22. The molecule has 0 saturated heterocycles. The normalized spacial score (nSPS) is 10.5. The van der Waals surface area contributed by atoms with Crippen LogP contribution in [0.4, 0.5) is 21.6 Å². The summed E-state index contributed by atoms with van der Waals surface area (Å²) < 4.78 is 13.2. The lowest BCUT2D eigenvalue weighted by Gasteiger charge is -2.21. The van der Waals surface area contributed by atoms with Gasteiger partial charge in [-0.3, -0.25) is 14.5 Å². The number of hydrogen-bond donors (Lipinski definition) is 1. The van der Waals surface area contributed by atoms with Gasteiger partial charge < -0.3 is 5.32 Å². The van der Waals surface area contributed by atoms with Crippen molar-refractivity contribution in [2.24, 2.45) is 0 Å². The summed E-state index contributed by atoms with van der Waals surface area (Å²) in [4.78, 5) is 30.3. The molecule has 5 nitrogen and oxygen atoms in total. The third kappa shape index (κ3) is 4.85. The molecule has 0 radical (unpaired) electrons. The topological polar surface area (TPSA) is 62.3 Å². The fourth-order valence-electron chi connectivity index (χ4n) is 3.18. The Morgan fingerprint density at radius 1 is 1.03 bits per heavy atom. The van der Waals surface area contributed by atoms with E-state index in [9.17, 15) is 14.0 Å². The van der Waals surface area contributed by atoms with E-state index in [1.807, 2.05) is 32.0 Å². The fraction of sp³-hybridized carbons (Fsp3) is 0.174. The maximum absolute atomic E-state index is 13.2. The third-order valence-corrected chi connectivity index (χ3v) is 4.64. The van der Waals surface area contributed by atoms with Crippen LogP contribution in [-0.2, 0) is 16.0 Å². The molecular formula is C23H22FN3O2. The molecule has 2 amide bonds. The lowest BCUT2D eigenvalue weighted by molar-refractivity contribution is -0.116. The zero-order chi connectivity index (χ0) is 21.0. The van der Waals surface area contributed by atoms with Crippen molar-refractivity contribution >= 4 is 29.0 Å². The van der Waals surface area contributed by atoms with E-state index in [-0.39, 0.29) is 18.2 Å². The van der Waals surface area contributed by atoms with Gasteiger partial charge in [0.15, 0.2) is 0 Å². The number of carbonyl (C=O) groups excluding carboxylic acids is 2. The van der Waals surface area contributed by atoms with E-state index in [0.29, 0.717) is 17.2 Å². The Hall–Kier alpha value is -3.54. The summed E-state index contributed by atoms with van der Waals surface area (Å²) in [6, 6.07) is 14.8. The molecule has 0 spiro atoms. The highest BCUT2D eigenvalue weighted by molar-refractivity contribution is 5.99. The van der Waals surface area contributed by atoms with Crippen molar-refractivity contribution < 1.29 is 14.0 Å². The second-order valence-corrected chi connectivity index (χ2v) is 6.83. The van der Waals surface area contributed by atoms with Crippen molar-refractivity contribution in [2.45, 2.75) is 27.2 Å². The monoisotopic (exact) mass is 391 g/mol. The van der Waals surface area contributed by atoms with Crippen LogP contribution in [0.2, 0.25) is 0 Å². The Kier molecular flexibility index (Phi) is 6.02. The number of halogens is 1. The van der Waals surface area contributed by atoms with Crippen molar-refractivity contribution in [3.05, 3.63) is 83.3 Å². The van der Waals surface area contributed by atoms with Crippen LogP contribution in [0.3, 0.4) is 0 Å². The molecule has 1 aromatic heterocycles. The molecule has 0 saturated carbocycles. The molecule has 6 heteroatoms. The highest BCUT2D eigenvalue weighted by atomic mass is 19.1. The van der Waals surface area contributed by atoms with Gasteiger partial charge in [-0.1, -0.05) is 18.2 Å². The Labute approximate surface area is 169 Å². The van der Waals surface area contributed by atoms with E-state index < -0.39 is 5.82 Å². The molecule has 0 aliphatic heterocycles. The highest BCUT2D eigenvalue weighted by Crippen LogP contribution is 2.26. The van der Waals surface area contributed by atoms with Crippen LogP contribution < -0.4 is 10.2 Å². The summed E-state index contributed by atoms with van der Waals surface area (Å²) in [5.74, 6) is -0.481. The minimum atomic E-state index is -0.391. The number of pyridine rings is 1. The Bertz CT molecular complexity index is 1030. The van der Waals surface area contributed by atoms with Gasteiger partial charge in [0.1, 0.15) is 11.6 Å². The summed E-state index contributed by atoms with van der Waals surface area (Å²) in [6.07, 6.45) is 1.77. The molecule has 1 N–H and O–H groups in total. The van der Waals surface area contributed by atoms with Gasteiger partial charge in [-0.15, -0.1) is 0 Å². The maximum Gasteiger partial charge on any atom is 0.229 e. The van der Waals surface area contributed by atoms with E-state index in [2.05, 4.69) is 10.3 Å². The molecule has 3 rings (SSSR count). The number of aromatic nitrogens is 1. The van der Waals surface area contributed by atoms with E-state index >= 15 is 0 Å². The Balaban J connectivity index is 1.82. The number of carbonyl (C=O) groups is 2. The second kappa shape index (κ2) is 8.65. The molecular weight excluding hydrogens is 369 g/mol. The van der Waals surface area contributed by atoms with Gasteiger partial charge in [0.25, 0.3) is 0 Å². The SMILES string of the molecule is CC(=O)N(c1ccc(F)cc1)c1cc(NC(=O)Cc2c(C)cccc2C)ccn1. The third-order valence-electron chi connectivity index (χ3n) is 4.64. The number of aryl methyl sites for hydroxylation is 2. The quantitative estimate of drug-likeness (QED) is 0.686. The van der Waals surface area contributed by atoms with Crippen LogP contribution >= 0.6 is 0 Å². The number of nitrogens with zero attached hydrogens (tertiary/aromatic N) is 2.